The molecule has 6 heteroatoms. The lowest BCUT2D eigenvalue weighted by Gasteiger charge is -2.13. The Kier molecular flexibility index (Phi) is 3.77. The molecule has 0 bridgehead atoms. The molecule has 0 atom stereocenters. The summed E-state index contributed by atoms with van der Waals surface area (Å²) in [6.07, 6.45) is 1.58. The second kappa shape index (κ2) is 6.45. The number of fused-ring (bicyclic) bond motifs is 2. The standard InChI is InChI=1S/C23H15N3O3/c27-20-12-6-5-11-19(20)26-21(24-18-10-4-2-8-15(18)23(26)29)13-16-14-7-1-3-9-17(14)25-22(16)28/h1-13,27H,(H,25,28). The van der Waals surface area contributed by atoms with E-state index < -0.39 is 0 Å². The van der Waals surface area contributed by atoms with Gasteiger partial charge < -0.3 is 10.4 Å². The summed E-state index contributed by atoms with van der Waals surface area (Å²) in [5, 5.41) is 13.6. The summed E-state index contributed by atoms with van der Waals surface area (Å²) in [5.74, 6) is -0.0582. The van der Waals surface area contributed by atoms with Gasteiger partial charge in [0.2, 0.25) is 0 Å². The minimum atomic E-state index is -0.323. The van der Waals surface area contributed by atoms with Crippen molar-refractivity contribution in [1.29, 1.82) is 0 Å². The van der Waals surface area contributed by atoms with Crippen LogP contribution >= 0.6 is 0 Å². The molecule has 2 N–H and O–H groups in total. The Labute approximate surface area is 165 Å². The highest BCUT2D eigenvalue weighted by Crippen LogP contribution is 2.33. The lowest BCUT2D eigenvalue weighted by atomic mass is 10.1. The van der Waals surface area contributed by atoms with Crippen LogP contribution in [0.5, 0.6) is 5.75 Å². The lowest BCUT2D eigenvalue weighted by Crippen LogP contribution is -2.22. The van der Waals surface area contributed by atoms with E-state index in [0.29, 0.717) is 27.9 Å². The van der Waals surface area contributed by atoms with E-state index in [2.05, 4.69) is 10.3 Å². The third kappa shape index (κ3) is 2.70. The maximum absolute atomic E-state index is 13.3. The largest absolute Gasteiger partial charge is 0.506 e. The number of phenols is 1. The van der Waals surface area contributed by atoms with Gasteiger partial charge in [-0.25, -0.2) is 4.98 Å². The summed E-state index contributed by atoms with van der Waals surface area (Å²) < 4.78 is 1.33. The maximum Gasteiger partial charge on any atom is 0.266 e. The van der Waals surface area contributed by atoms with E-state index in [0.717, 1.165) is 5.56 Å². The molecule has 6 nitrogen and oxygen atoms in total. The van der Waals surface area contributed by atoms with Gasteiger partial charge in [-0.1, -0.05) is 42.5 Å². The highest BCUT2D eigenvalue weighted by Gasteiger charge is 2.25. The first-order chi connectivity index (χ1) is 14.1. The first-order valence-electron chi connectivity index (χ1n) is 9.06. The molecule has 1 aromatic heterocycles. The number of hydrogen-bond acceptors (Lipinski definition) is 4. The SMILES string of the molecule is O=C1Nc2ccccc2C1=Cc1nc2ccccc2c(=O)n1-c1ccccc1O. The zero-order valence-electron chi connectivity index (χ0n) is 15.2. The van der Waals surface area contributed by atoms with Crippen LogP contribution < -0.4 is 10.9 Å². The molecule has 1 aliphatic rings. The van der Waals surface area contributed by atoms with Crippen molar-refractivity contribution in [3.05, 3.63) is 94.5 Å². The van der Waals surface area contributed by atoms with Crippen LogP contribution in [-0.4, -0.2) is 20.6 Å². The van der Waals surface area contributed by atoms with Gasteiger partial charge in [-0.05, 0) is 36.4 Å². The van der Waals surface area contributed by atoms with Gasteiger partial charge in [0.1, 0.15) is 11.6 Å². The van der Waals surface area contributed by atoms with Crippen LogP contribution in [0.4, 0.5) is 5.69 Å². The number of nitrogens with one attached hydrogen (secondary N) is 1. The Bertz CT molecular complexity index is 1390. The predicted octanol–water partition coefficient (Wildman–Crippen LogP) is 3.58. The van der Waals surface area contributed by atoms with Crippen molar-refractivity contribution in [3.8, 4) is 11.4 Å². The lowest BCUT2D eigenvalue weighted by molar-refractivity contribution is -0.110. The van der Waals surface area contributed by atoms with Gasteiger partial charge in [0, 0.05) is 11.3 Å². The first-order valence-corrected chi connectivity index (χ1v) is 9.06. The Morgan fingerprint density at radius 3 is 2.48 bits per heavy atom. The number of carbonyl (C=O) groups excluding carboxylic acids is 1. The fourth-order valence-corrected chi connectivity index (χ4v) is 3.54. The van der Waals surface area contributed by atoms with Gasteiger partial charge in [0.15, 0.2) is 0 Å². The van der Waals surface area contributed by atoms with Crippen LogP contribution in [0, 0.1) is 0 Å². The number of anilines is 1. The van der Waals surface area contributed by atoms with Crippen LogP contribution in [0.25, 0.3) is 28.2 Å². The molecule has 4 aromatic rings. The van der Waals surface area contributed by atoms with Gasteiger partial charge in [0.25, 0.3) is 11.5 Å². The van der Waals surface area contributed by atoms with Crippen molar-refractivity contribution < 1.29 is 9.90 Å². The van der Waals surface area contributed by atoms with E-state index in [1.165, 1.54) is 10.6 Å². The molecule has 0 aliphatic carbocycles. The summed E-state index contributed by atoms with van der Waals surface area (Å²) in [6, 6.07) is 20.9. The van der Waals surface area contributed by atoms with Crippen LogP contribution in [0.15, 0.2) is 77.6 Å². The molecule has 2 heterocycles. The molecule has 1 amide bonds. The van der Waals surface area contributed by atoms with Gasteiger partial charge >= 0.3 is 0 Å². The number of nitrogens with zero attached hydrogens (tertiary/aromatic N) is 2. The molecule has 0 saturated carbocycles. The van der Waals surface area contributed by atoms with Crippen molar-refractivity contribution >= 4 is 34.1 Å². The number of amides is 1. The van der Waals surface area contributed by atoms with E-state index in [1.807, 2.05) is 24.3 Å². The molecule has 140 valence electrons. The van der Waals surface area contributed by atoms with Crippen molar-refractivity contribution in [2.24, 2.45) is 0 Å². The van der Waals surface area contributed by atoms with Crippen molar-refractivity contribution in [2.45, 2.75) is 0 Å². The van der Waals surface area contributed by atoms with Crippen LogP contribution in [0.2, 0.25) is 0 Å². The Balaban J connectivity index is 1.85. The minimum Gasteiger partial charge on any atom is -0.506 e. The highest BCUT2D eigenvalue weighted by atomic mass is 16.3. The summed E-state index contributed by atoms with van der Waals surface area (Å²) in [4.78, 5) is 30.5. The quantitative estimate of drug-likeness (QED) is 0.520. The molecule has 1 aliphatic heterocycles. The molecular formula is C23H15N3O3. The second-order valence-corrected chi connectivity index (χ2v) is 6.67. The minimum absolute atomic E-state index is 0.0531. The molecule has 5 rings (SSSR count). The molecule has 3 aromatic carbocycles. The third-order valence-corrected chi connectivity index (χ3v) is 4.91. The fourth-order valence-electron chi connectivity index (χ4n) is 3.54. The van der Waals surface area contributed by atoms with Crippen LogP contribution in [0.3, 0.4) is 0 Å². The molecule has 0 radical (unpaired) electrons. The van der Waals surface area contributed by atoms with Crippen LogP contribution in [0.1, 0.15) is 11.4 Å². The van der Waals surface area contributed by atoms with Crippen LogP contribution in [-0.2, 0) is 4.79 Å². The highest BCUT2D eigenvalue weighted by molar-refractivity contribution is 6.34. The van der Waals surface area contributed by atoms with Crippen molar-refractivity contribution in [3.63, 3.8) is 0 Å². The topological polar surface area (TPSA) is 84.2 Å². The summed E-state index contributed by atoms with van der Waals surface area (Å²) in [7, 11) is 0. The first kappa shape index (κ1) is 16.9. The second-order valence-electron chi connectivity index (χ2n) is 6.67. The fraction of sp³-hybridized carbons (Fsp3) is 0. The number of carbonyl (C=O) groups is 1. The average Bonchev–Trinajstić information content (AvgIpc) is 3.04. The molecule has 0 saturated heterocycles. The van der Waals surface area contributed by atoms with Gasteiger partial charge in [-0.3, -0.25) is 14.2 Å². The molecule has 0 fully saturated rings. The monoisotopic (exact) mass is 381 g/mol. The van der Waals surface area contributed by atoms with E-state index in [9.17, 15) is 14.7 Å². The molecule has 0 unspecified atom stereocenters. The average molecular weight is 381 g/mol. The van der Waals surface area contributed by atoms with Gasteiger partial charge in [-0.15, -0.1) is 0 Å². The van der Waals surface area contributed by atoms with Gasteiger partial charge in [-0.2, -0.15) is 0 Å². The smallest absolute Gasteiger partial charge is 0.266 e. The number of phenolic OH excluding ortho intramolecular Hbond substituents is 1. The number of rotatable bonds is 2. The molecular weight excluding hydrogens is 366 g/mol. The van der Waals surface area contributed by atoms with E-state index in [4.69, 9.17) is 0 Å². The zero-order valence-corrected chi connectivity index (χ0v) is 15.2. The normalized spacial score (nSPS) is 14.2. The number of aromatic hydroxyl groups is 1. The maximum atomic E-state index is 13.3. The summed E-state index contributed by atoms with van der Waals surface area (Å²) >= 11 is 0. The van der Waals surface area contributed by atoms with E-state index in [1.54, 1.807) is 48.5 Å². The van der Waals surface area contributed by atoms with E-state index >= 15 is 0 Å². The number of hydrogen-bond donors (Lipinski definition) is 2. The van der Waals surface area contributed by atoms with Crippen molar-refractivity contribution in [1.82, 2.24) is 9.55 Å². The number of para-hydroxylation sites is 4. The van der Waals surface area contributed by atoms with Gasteiger partial charge in [0.05, 0.1) is 22.2 Å². The molecule has 29 heavy (non-hydrogen) atoms. The predicted molar refractivity (Wildman–Crippen MR) is 112 cm³/mol. The number of benzene rings is 3. The summed E-state index contributed by atoms with van der Waals surface area (Å²) in [6.45, 7) is 0. The Morgan fingerprint density at radius 1 is 0.897 bits per heavy atom. The molecule has 0 spiro atoms. The van der Waals surface area contributed by atoms with Crippen molar-refractivity contribution in [2.75, 3.05) is 5.32 Å². The Morgan fingerprint density at radius 2 is 1.62 bits per heavy atom. The van der Waals surface area contributed by atoms with E-state index in [-0.39, 0.29) is 23.0 Å². The zero-order chi connectivity index (χ0) is 20.0. The summed E-state index contributed by atoms with van der Waals surface area (Å²) in [5.41, 5.74) is 2.35. The third-order valence-electron chi connectivity index (χ3n) is 4.91. The number of aromatic nitrogens is 2. The Hall–Kier alpha value is -4.19.